The zero-order valence-electron chi connectivity index (χ0n) is 18.3. The van der Waals surface area contributed by atoms with E-state index in [1.54, 1.807) is 0 Å². The molecule has 0 fully saturated rings. The van der Waals surface area contributed by atoms with Crippen molar-refractivity contribution in [1.29, 1.82) is 0 Å². The summed E-state index contributed by atoms with van der Waals surface area (Å²) in [4.78, 5) is 15.0. The van der Waals surface area contributed by atoms with Crippen molar-refractivity contribution >= 4 is 36.8 Å². The molecule has 0 nitrogen and oxygen atoms in total. The van der Waals surface area contributed by atoms with Crippen LogP contribution in [-0.4, -0.2) is 36.8 Å². The van der Waals surface area contributed by atoms with Gasteiger partial charge in [-0.3, -0.25) is 0 Å². The first kappa shape index (κ1) is 22.0. The summed E-state index contributed by atoms with van der Waals surface area (Å²) < 4.78 is 2.64. The van der Waals surface area contributed by atoms with Crippen molar-refractivity contribution in [3.05, 3.63) is 83.9 Å². The molecular weight excluding hydrogens is 550 g/mol. The van der Waals surface area contributed by atoms with Crippen molar-refractivity contribution in [3.8, 4) is 22.3 Å². The summed E-state index contributed by atoms with van der Waals surface area (Å²) in [5.41, 5.74) is 8.23. The van der Waals surface area contributed by atoms with Crippen molar-refractivity contribution in [2.75, 3.05) is 0 Å². The van der Waals surface area contributed by atoms with E-state index in [9.17, 15) is 0 Å². The molecule has 3 rings (SSSR count). The number of hydrogen-bond acceptors (Lipinski definition) is 0. The quantitative estimate of drug-likeness (QED) is 0.259. The fourth-order valence-corrected chi connectivity index (χ4v) is 12.0. The van der Waals surface area contributed by atoms with Gasteiger partial charge in [-0.1, -0.05) is 0 Å². The summed E-state index contributed by atoms with van der Waals surface area (Å²) in [5, 5.41) is 0. The first-order valence-electron chi connectivity index (χ1n) is 10.4. The van der Waals surface area contributed by atoms with Crippen LogP contribution >= 0.6 is 0 Å². The van der Waals surface area contributed by atoms with Crippen LogP contribution in [-0.2, 0) is 8.87 Å². The van der Waals surface area contributed by atoms with E-state index in [2.05, 4.69) is 102 Å². The van der Waals surface area contributed by atoms with Gasteiger partial charge in [-0.2, -0.15) is 0 Å². The van der Waals surface area contributed by atoms with Gasteiger partial charge in [0.05, 0.1) is 0 Å². The molecular formula is C26H34Sn2. The van der Waals surface area contributed by atoms with E-state index in [0.29, 0.717) is 0 Å². The number of rotatable bonds is 6. The third-order valence-corrected chi connectivity index (χ3v) is 13.3. The minimum absolute atomic E-state index is 1.30. The van der Waals surface area contributed by atoms with Gasteiger partial charge in [0, 0.05) is 0 Å². The Kier molecular flexibility index (Phi) is 7.02. The molecule has 0 N–H and O–H groups in total. The third kappa shape index (κ3) is 6.65. The molecule has 0 aliphatic heterocycles. The Balaban J connectivity index is 1.73. The van der Waals surface area contributed by atoms with Crippen LogP contribution < -0.4 is 0 Å². The molecule has 0 saturated carbocycles. The fourth-order valence-electron chi connectivity index (χ4n) is 3.71. The number of benzene rings is 3. The van der Waals surface area contributed by atoms with Crippen LogP contribution in [0.3, 0.4) is 0 Å². The van der Waals surface area contributed by atoms with Gasteiger partial charge < -0.3 is 0 Å². The van der Waals surface area contributed by atoms with Gasteiger partial charge in [-0.25, -0.2) is 0 Å². The van der Waals surface area contributed by atoms with Crippen molar-refractivity contribution in [1.82, 2.24) is 0 Å². The molecule has 0 bridgehead atoms. The molecule has 28 heavy (non-hydrogen) atoms. The average molecular weight is 584 g/mol. The molecule has 0 heterocycles. The second-order valence-corrected chi connectivity index (χ2v) is 41.7. The summed E-state index contributed by atoms with van der Waals surface area (Å²) in [5.74, 6) is 0. The summed E-state index contributed by atoms with van der Waals surface area (Å²) in [6, 6.07) is 27.5. The van der Waals surface area contributed by atoms with E-state index in [4.69, 9.17) is 0 Å². The summed E-state index contributed by atoms with van der Waals surface area (Å²) in [7, 11) is 0. The molecule has 0 amide bonds. The van der Waals surface area contributed by atoms with Gasteiger partial charge in [0.1, 0.15) is 0 Å². The van der Waals surface area contributed by atoms with E-state index in [0.717, 1.165) is 0 Å². The van der Waals surface area contributed by atoms with E-state index in [1.165, 1.54) is 42.3 Å². The number of hydrogen-bond donors (Lipinski definition) is 0. The second-order valence-electron chi connectivity index (χ2n) is 10.4. The Hall–Kier alpha value is -0.743. The fraction of sp³-hybridized carbons (Fsp3) is 0.308. The first-order chi connectivity index (χ1) is 13.1. The standard InChI is InChI=1S/C20H16.6CH3.2Sn/c1-15-3-7-17(8-4-15)19-11-13-20(14-12-19)18-9-5-16(2)6-10-18;;;;;;;;/h3-14H,1-2H2;6*1H3;;. The first-order valence-corrected chi connectivity index (χ1v) is 31.5. The summed E-state index contributed by atoms with van der Waals surface area (Å²) in [6.45, 7) is 0. The molecule has 0 aliphatic carbocycles. The van der Waals surface area contributed by atoms with Crippen LogP contribution in [0.5, 0.6) is 0 Å². The van der Waals surface area contributed by atoms with Crippen molar-refractivity contribution in [3.63, 3.8) is 0 Å². The van der Waals surface area contributed by atoms with Gasteiger partial charge in [-0.15, -0.1) is 0 Å². The second kappa shape index (κ2) is 8.95. The minimum atomic E-state index is -1.76. The van der Waals surface area contributed by atoms with Crippen molar-refractivity contribution in [2.24, 2.45) is 0 Å². The van der Waals surface area contributed by atoms with Gasteiger partial charge in [-0.05, 0) is 0 Å². The van der Waals surface area contributed by atoms with Gasteiger partial charge >= 0.3 is 181 Å². The predicted octanol–water partition coefficient (Wildman–Crippen LogP) is 7.86. The van der Waals surface area contributed by atoms with Gasteiger partial charge in [0.25, 0.3) is 0 Å². The van der Waals surface area contributed by atoms with E-state index in [1.807, 2.05) is 0 Å². The molecule has 3 aromatic carbocycles. The Morgan fingerprint density at radius 1 is 0.393 bits per heavy atom. The van der Waals surface area contributed by atoms with E-state index >= 15 is 0 Å². The van der Waals surface area contributed by atoms with Crippen molar-refractivity contribution < 1.29 is 0 Å². The maximum absolute atomic E-state index is 2.50. The Morgan fingerprint density at radius 3 is 0.821 bits per heavy atom. The third-order valence-electron chi connectivity index (χ3n) is 4.93. The van der Waals surface area contributed by atoms with Crippen LogP contribution in [0.1, 0.15) is 11.1 Å². The van der Waals surface area contributed by atoms with E-state index < -0.39 is 36.8 Å². The zero-order valence-corrected chi connectivity index (χ0v) is 24.1. The molecule has 3 aromatic rings. The van der Waals surface area contributed by atoms with Crippen LogP contribution in [0.4, 0.5) is 0 Å². The van der Waals surface area contributed by atoms with Crippen LogP contribution in [0.25, 0.3) is 22.3 Å². The van der Waals surface area contributed by atoms with Gasteiger partial charge in [0.15, 0.2) is 0 Å². The molecule has 0 aliphatic rings. The Morgan fingerprint density at radius 2 is 0.607 bits per heavy atom. The van der Waals surface area contributed by atoms with E-state index in [-0.39, 0.29) is 0 Å². The molecule has 0 saturated heterocycles. The molecule has 0 unspecified atom stereocenters. The molecule has 0 atom stereocenters. The summed E-state index contributed by atoms with van der Waals surface area (Å²) >= 11 is -3.52. The molecule has 146 valence electrons. The molecule has 0 aromatic heterocycles. The normalized spacial score (nSPS) is 12.2. The summed E-state index contributed by atoms with van der Waals surface area (Å²) in [6.07, 6.45) is 0. The van der Waals surface area contributed by atoms with Crippen LogP contribution in [0.2, 0.25) is 29.6 Å². The van der Waals surface area contributed by atoms with Crippen LogP contribution in [0, 0.1) is 0 Å². The predicted molar refractivity (Wildman–Crippen MR) is 131 cm³/mol. The molecule has 0 spiro atoms. The molecule has 2 heteroatoms. The average Bonchev–Trinajstić information content (AvgIpc) is 2.61. The Labute approximate surface area is 180 Å². The van der Waals surface area contributed by atoms with Gasteiger partial charge in [0.2, 0.25) is 0 Å². The SMILES string of the molecule is [CH3][Sn]([CH3])([CH3])[CH2]c1ccc(-c2ccc(-c3ccc([CH2][Sn]([CH3])([CH3])[CH3])cc3)cc2)cc1. The van der Waals surface area contributed by atoms with Crippen molar-refractivity contribution in [2.45, 2.75) is 38.5 Å². The topological polar surface area (TPSA) is 0 Å². The monoisotopic (exact) mass is 586 g/mol. The molecule has 0 radical (unpaired) electrons. The van der Waals surface area contributed by atoms with Crippen LogP contribution in [0.15, 0.2) is 72.8 Å². The zero-order chi connectivity index (χ0) is 20.4. The maximum atomic E-state index is 2.50. The Bertz CT molecular complexity index is 813.